The van der Waals surface area contributed by atoms with E-state index in [1.165, 1.54) is 6.92 Å². The van der Waals surface area contributed by atoms with Gasteiger partial charge in [-0.05, 0) is 35.4 Å². The van der Waals surface area contributed by atoms with Gasteiger partial charge in [-0.2, -0.15) is 0 Å². The molecular weight excluding hydrogens is 356 g/mol. The van der Waals surface area contributed by atoms with Crippen molar-refractivity contribution < 1.29 is 19.1 Å². The fourth-order valence-corrected chi connectivity index (χ4v) is 2.78. The Bertz CT molecular complexity index is 996. The van der Waals surface area contributed by atoms with Crippen LogP contribution in [0.5, 0.6) is 0 Å². The summed E-state index contributed by atoms with van der Waals surface area (Å²) in [7, 11) is 0. The van der Waals surface area contributed by atoms with E-state index in [9.17, 15) is 14.4 Å². The van der Waals surface area contributed by atoms with Gasteiger partial charge in [-0.3, -0.25) is 25.2 Å². The highest BCUT2D eigenvalue weighted by molar-refractivity contribution is 5.96. The average Bonchev–Trinajstić information content (AvgIpc) is 2.72. The summed E-state index contributed by atoms with van der Waals surface area (Å²) in [4.78, 5) is 36.2. The number of benzene rings is 3. The molecule has 2 amide bonds. The molecular formula is C22H20N2O4. The van der Waals surface area contributed by atoms with Crippen molar-refractivity contribution >= 4 is 28.6 Å². The van der Waals surface area contributed by atoms with Crippen molar-refractivity contribution in [2.24, 2.45) is 0 Å². The van der Waals surface area contributed by atoms with Crippen molar-refractivity contribution in [1.29, 1.82) is 0 Å². The molecule has 6 nitrogen and oxygen atoms in total. The van der Waals surface area contributed by atoms with Crippen molar-refractivity contribution in [2.75, 3.05) is 0 Å². The molecule has 0 radical (unpaired) electrons. The van der Waals surface area contributed by atoms with Crippen LogP contribution >= 0.6 is 0 Å². The lowest BCUT2D eigenvalue weighted by molar-refractivity contribution is -0.154. The molecule has 0 heterocycles. The van der Waals surface area contributed by atoms with E-state index >= 15 is 0 Å². The summed E-state index contributed by atoms with van der Waals surface area (Å²) in [5.74, 6) is -1.59. The first kappa shape index (κ1) is 19.1. The predicted octanol–water partition coefficient (Wildman–Crippen LogP) is 2.78. The molecule has 0 bridgehead atoms. The molecule has 3 rings (SSSR count). The van der Waals surface area contributed by atoms with Gasteiger partial charge in [0, 0.05) is 5.56 Å². The van der Waals surface area contributed by atoms with Crippen LogP contribution in [0.15, 0.2) is 72.8 Å². The second kappa shape index (κ2) is 8.81. The first-order valence-electron chi connectivity index (χ1n) is 8.86. The standard InChI is InChI=1S/C22H20N2O4/c1-15(21(26)23-24-22(27)17-9-3-2-4-10-17)28-20(25)14-18-12-7-11-16-8-5-6-13-19(16)18/h2-13,15H,14H2,1H3,(H,23,26)(H,24,27)/t15-/m0/s1. The minimum atomic E-state index is -1.04. The van der Waals surface area contributed by atoms with Gasteiger partial charge in [-0.1, -0.05) is 60.7 Å². The molecule has 3 aromatic rings. The number of rotatable bonds is 5. The smallest absolute Gasteiger partial charge is 0.311 e. The molecule has 0 saturated carbocycles. The first-order valence-corrected chi connectivity index (χ1v) is 8.86. The van der Waals surface area contributed by atoms with Crippen molar-refractivity contribution in [3.8, 4) is 0 Å². The van der Waals surface area contributed by atoms with Crippen molar-refractivity contribution in [2.45, 2.75) is 19.4 Å². The molecule has 0 aliphatic heterocycles. The van der Waals surface area contributed by atoms with Crippen LogP contribution in [-0.2, 0) is 20.7 Å². The van der Waals surface area contributed by atoms with E-state index < -0.39 is 23.9 Å². The Morgan fingerprint density at radius 2 is 1.54 bits per heavy atom. The number of esters is 1. The molecule has 3 aromatic carbocycles. The van der Waals surface area contributed by atoms with E-state index in [0.29, 0.717) is 5.56 Å². The van der Waals surface area contributed by atoms with Gasteiger partial charge in [0.05, 0.1) is 6.42 Å². The normalized spacial score (nSPS) is 11.5. The summed E-state index contributed by atoms with van der Waals surface area (Å²) in [5.41, 5.74) is 5.79. The van der Waals surface area contributed by atoms with Gasteiger partial charge in [-0.25, -0.2) is 0 Å². The summed E-state index contributed by atoms with van der Waals surface area (Å²) in [6.07, 6.45) is -0.992. The maximum Gasteiger partial charge on any atom is 0.311 e. The zero-order valence-electron chi connectivity index (χ0n) is 15.3. The van der Waals surface area contributed by atoms with Crippen LogP contribution in [0.2, 0.25) is 0 Å². The molecule has 0 saturated heterocycles. The molecule has 2 N–H and O–H groups in total. The third-order valence-corrected chi connectivity index (χ3v) is 4.23. The number of amides is 2. The SMILES string of the molecule is C[C@H](OC(=O)Cc1cccc2ccccc12)C(=O)NNC(=O)c1ccccc1. The molecule has 6 heteroatoms. The van der Waals surface area contributed by atoms with Gasteiger partial charge in [0.2, 0.25) is 0 Å². The van der Waals surface area contributed by atoms with Crippen molar-refractivity contribution in [3.63, 3.8) is 0 Å². The van der Waals surface area contributed by atoms with Gasteiger partial charge in [0.1, 0.15) is 0 Å². The quantitative estimate of drug-likeness (QED) is 0.530. The third-order valence-electron chi connectivity index (χ3n) is 4.23. The summed E-state index contributed by atoms with van der Waals surface area (Å²) >= 11 is 0. The summed E-state index contributed by atoms with van der Waals surface area (Å²) in [6, 6.07) is 21.9. The van der Waals surface area contributed by atoms with Gasteiger partial charge in [0.25, 0.3) is 11.8 Å². The molecule has 0 spiro atoms. The fraction of sp³-hybridized carbons (Fsp3) is 0.136. The van der Waals surface area contributed by atoms with E-state index in [1.807, 2.05) is 42.5 Å². The van der Waals surface area contributed by atoms with E-state index in [4.69, 9.17) is 4.74 Å². The topological polar surface area (TPSA) is 84.5 Å². The maximum atomic E-state index is 12.2. The Kier molecular flexibility index (Phi) is 6.01. The van der Waals surface area contributed by atoms with Crippen LogP contribution in [0.4, 0.5) is 0 Å². The number of nitrogens with one attached hydrogen (secondary N) is 2. The monoisotopic (exact) mass is 376 g/mol. The molecule has 0 unspecified atom stereocenters. The van der Waals surface area contributed by atoms with E-state index in [1.54, 1.807) is 30.3 Å². The lowest BCUT2D eigenvalue weighted by atomic mass is 10.0. The summed E-state index contributed by atoms with van der Waals surface area (Å²) in [6.45, 7) is 1.45. The number of hydrazine groups is 1. The number of fused-ring (bicyclic) bond motifs is 1. The van der Waals surface area contributed by atoms with Gasteiger partial charge >= 0.3 is 5.97 Å². The van der Waals surface area contributed by atoms with Crippen LogP contribution in [0.1, 0.15) is 22.8 Å². The van der Waals surface area contributed by atoms with E-state index in [-0.39, 0.29) is 6.42 Å². The predicted molar refractivity (Wildman–Crippen MR) is 105 cm³/mol. The Morgan fingerprint density at radius 3 is 2.32 bits per heavy atom. The van der Waals surface area contributed by atoms with Crippen molar-refractivity contribution in [3.05, 3.63) is 83.9 Å². The molecule has 0 aliphatic rings. The molecule has 0 aliphatic carbocycles. The Morgan fingerprint density at radius 1 is 0.857 bits per heavy atom. The van der Waals surface area contributed by atoms with Gasteiger partial charge in [-0.15, -0.1) is 0 Å². The second-order valence-electron chi connectivity index (χ2n) is 6.26. The highest BCUT2D eigenvalue weighted by atomic mass is 16.5. The van der Waals surface area contributed by atoms with Crippen LogP contribution in [0, 0.1) is 0 Å². The Hall–Kier alpha value is -3.67. The first-order chi connectivity index (χ1) is 13.5. The Balaban J connectivity index is 1.53. The molecule has 142 valence electrons. The minimum absolute atomic E-state index is 0.0509. The second-order valence-corrected chi connectivity index (χ2v) is 6.26. The number of ether oxygens (including phenoxy) is 1. The Labute approximate surface area is 162 Å². The van der Waals surface area contributed by atoms with E-state index in [2.05, 4.69) is 10.9 Å². The molecule has 28 heavy (non-hydrogen) atoms. The highest BCUT2D eigenvalue weighted by Crippen LogP contribution is 2.19. The molecule has 1 atom stereocenters. The number of hydrogen-bond donors (Lipinski definition) is 2. The van der Waals surface area contributed by atoms with Gasteiger partial charge in [0.15, 0.2) is 6.10 Å². The zero-order chi connectivity index (χ0) is 19.9. The number of carbonyl (C=O) groups is 3. The van der Waals surface area contributed by atoms with E-state index in [0.717, 1.165) is 16.3 Å². The summed E-state index contributed by atoms with van der Waals surface area (Å²) in [5, 5.41) is 2.00. The average molecular weight is 376 g/mol. The minimum Gasteiger partial charge on any atom is -0.452 e. The maximum absolute atomic E-state index is 12.2. The highest BCUT2D eigenvalue weighted by Gasteiger charge is 2.19. The van der Waals surface area contributed by atoms with Crippen LogP contribution < -0.4 is 10.9 Å². The summed E-state index contributed by atoms with van der Waals surface area (Å²) < 4.78 is 5.20. The van der Waals surface area contributed by atoms with Crippen LogP contribution in [0.3, 0.4) is 0 Å². The molecule has 0 aromatic heterocycles. The van der Waals surface area contributed by atoms with Gasteiger partial charge < -0.3 is 4.74 Å². The largest absolute Gasteiger partial charge is 0.452 e. The lowest BCUT2D eigenvalue weighted by Gasteiger charge is -2.14. The fourth-order valence-electron chi connectivity index (χ4n) is 2.78. The third kappa shape index (κ3) is 4.73. The number of hydrogen-bond acceptors (Lipinski definition) is 4. The van der Waals surface area contributed by atoms with Crippen molar-refractivity contribution in [1.82, 2.24) is 10.9 Å². The molecule has 0 fully saturated rings. The van der Waals surface area contributed by atoms with Crippen LogP contribution in [-0.4, -0.2) is 23.9 Å². The van der Waals surface area contributed by atoms with Crippen LogP contribution in [0.25, 0.3) is 10.8 Å². The number of carbonyl (C=O) groups excluding carboxylic acids is 3. The zero-order valence-corrected chi connectivity index (χ0v) is 15.3. The lowest BCUT2D eigenvalue weighted by Crippen LogP contribution is -2.46.